The van der Waals surface area contributed by atoms with Gasteiger partial charge in [0, 0.05) is 0 Å². The molecule has 2 atom stereocenters. The SMILES string of the molecule is C/C=C\C(F)[C@H](F)CF. The quantitative estimate of drug-likeness (QED) is 0.524. The first kappa shape index (κ1) is 8.53. The van der Waals surface area contributed by atoms with Crippen molar-refractivity contribution in [1.29, 1.82) is 0 Å². The van der Waals surface area contributed by atoms with E-state index in [9.17, 15) is 13.2 Å². The molecular weight excluding hydrogens is 129 g/mol. The fourth-order valence-electron chi connectivity index (χ4n) is 0.390. The van der Waals surface area contributed by atoms with Gasteiger partial charge in [-0.15, -0.1) is 0 Å². The van der Waals surface area contributed by atoms with Gasteiger partial charge in [0.15, 0.2) is 12.3 Å². The summed E-state index contributed by atoms with van der Waals surface area (Å²) in [6, 6.07) is 0. The van der Waals surface area contributed by atoms with Gasteiger partial charge in [0.2, 0.25) is 0 Å². The van der Waals surface area contributed by atoms with E-state index in [4.69, 9.17) is 0 Å². The molecule has 0 N–H and O–H groups in total. The van der Waals surface area contributed by atoms with E-state index in [1.807, 2.05) is 0 Å². The molecule has 9 heavy (non-hydrogen) atoms. The van der Waals surface area contributed by atoms with Crippen molar-refractivity contribution >= 4 is 0 Å². The third-order valence-corrected chi connectivity index (χ3v) is 0.869. The molecule has 0 heterocycles. The lowest BCUT2D eigenvalue weighted by Crippen LogP contribution is -2.16. The molecule has 0 aliphatic heterocycles. The number of allylic oxidation sites excluding steroid dienone is 2. The lowest BCUT2D eigenvalue weighted by molar-refractivity contribution is 0.168. The Labute approximate surface area is 52.4 Å². The minimum Gasteiger partial charge on any atom is -0.248 e. The van der Waals surface area contributed by atoms with E-state index in [-0.39, 0.29) is 0 Å². The Hall–Kier alpha value is -0.470. The Morgan fingerprint density at radius 1 is 1.44 bits per heavy atom. The molecule has 0 aliphatic rings. The van der Waals surface area contributed by atoms with Gasteiger partial charge < -0.3 is 0 Å². The van der Waals surface area contributed by atoms with Crippen molar-refractivity contribution < 1.29 is 13.2 Å². The minimum absolute atomic E-state index is 0.990. The molecule has 0 aromatic rings. The van der Waals surface area contributed by atoms with Crippen LogP contribution in [0.15, 0.2) is 12.2 Å². The third-order valence-electron chi connectivity index (χ3n) is 0.869. The summed E-state index contributed by atoms with van der Waals surface area (Å²) in [5, 5.41) is 0. The molecule has 0 amide bonds. The number of rotatable bonds is 3. The van der Waals surface area contributed by atoms with Crippen LogP contribution in [-0.4, -0.2) is 19.0 Å². The summed E-state index contributed by atoms with van der Waals surface area (Å²) in [6.45, 7) is 0.295. The largest absolute Gasteiger partial charge is 0.248 e. The standard InChI is InChI=1S/C6H9F3/c1-2-3-5(8)6(9)4-7/h2-3,5-6H,4H2,1H3/b3-2-/t5?,6-/m1/s1. The maximum Gasteiger partial charge on any atom is 0.163 e. The topological polar surface area (TPSA) is 0 Å². The summed E-state index contributed by atoms with van der Waals surface area (Å²) in [5.41, 5.74) is 0. The maximum atomic E-state index is 12.1. The average Bonchev–Trinajstić information content (AvgIpc) is 1.87. The molecule has 0 aliphatic carbocycles. The van der Waals surface area contributed by atoms with Gasteiger partial charge in [-0.3, -0.25) is 0 Å². The number of alkyl halides is 3. The molecule has 0 fully saturated rings. The van der Waals surface area contributed by atoms with Crippen LogP contribution in [0.25, 0.3) is 0 Å². The van der Waals surface area contributed by atoms with Crippen LogP contribution in [0.4, 0.5) is 13.2 Å². The lowest BCUT2D eigenvalue weighted by atomic mass is 10.2. The van der Waals surface area contributed by atoms with Gasteiger partial charge in [0.1, 0.15) is 6.67 Å². The molecule has 0 bridgehead atoms. The Morgan fingerprint density at radius 2 is 2.00 bits per heavy atom. The highest BCUT2D eigenvalue weighted by Gasteiger charge is 2.15. The van der Waals surface area contributed by atoms with Crippen molar-refractivity contribution in [2.45, 2.75) is 19.3 Å². The van der Waals surface area contributed by atoms with Gasteiger partial charge in [-0.1, -0.05) is 12.2 Å². The van der Waals surface area contributed by atoms with Crippen LogP contribution in [0.1, 0.15) is 6.92 Å². The van der Waals surface area contributed by atoms with Crippen molar-refractivity contribution in [3.05, 3.63) is 12.2 Å². The number of hydrogen-bond acceptors (Lipinski definition) is 0. The van der Waals surface area contributed by atoms with Gasteiger partial charge in [0.25, 0.3) is 0 Å². The van der Waals surface area contributed by atoms with Crippen LogP contribution in [0, 0.1) is 0 Å². The molecule has 54 valence electrons. The molecule has 0 saturated heterocycles. The Morgan fingerprint density at radius 3 is 2.33 bits per heavy atom. The first-order valence-electron chi connectivity index (χ1n) is 2.69. The molecule has 1 unspecified atom stereocenters. The van der Waals surface area contributed by atoms with E-state index in [1.165, 1.54) is 6.08 Å². The van der Waals surface area contributed by atoms with Crippen LogP contribution < -0.4 is 0 Å². The van der Waals surface area contributed by atoms with Crippen LogP contribution >= 0.6 is 0 Å². The molecule has 0 radical (unpaired) electrons. The zero-order valence-electron chi connectivity index (χ0n) is 5.15. The molecule has 0 spiro atoms. The Balaban J connectivity index is 3.58. The van der Waals surface area contributed by atoms with Gasteiger partial charge >= 0.3 is 0 Å². The summed E-state index contributed by atoms with van der Waals surface area (Å²) >= 11 is 0. The van der Waals surface area contributed by atoms with Gasteiger partial charge in [0.05, 0.1) is 0 Å². The molecule has 0 aromatic heterocycles. The highest BCUT2D eigenvalue weighted by Crippen LogP contribution is 2.05. The van der Waals surface area contributed by atoms with Crippen molar-refractivity contribution in [3.8, 4) is 0 Å². The summed E-state index contributed by atoms with van der Waals surface area (Å²) in [4.78, 5) is 0. The maximum absolute atomic E-state index is 12.1. The second-order valence-corrected chi connectivity index (χ2v) is 1.64. The van der Waals surface area contributed by atoms with E-state index < -0.39 is 19.0 Å². The molecule has 0 aromatic carbocycles. The normalized spacial score (nSPS) is 18.2. The second-order valence-electron chi connectivity index (χ2n) is 1.64. The predicted molar refractivity (Wildman–Crippen MR) is 30.6 cm³/mol. The number of hydrogen-bond donors (Lipinski definition) is 0. The number of halogens is 3. The Bertz CT molecular complexity index is 90.3. The minimum atomic E-state index is -2.00. The van der Waals surface area contributed by atoms with E-state index in [0.29, 0.717) is 0 Å². The molecule has 0 rings (SSSR count). The van der Waals surface area contributed by atoms with E-state index in [1.54, 1.807) is 6.92 Å². The zero-order valence-corrected chi connectivity index (χ0v) is 5.15. The summed E-state index contributed by atoms with van der Waals surface area (Å²) in [6.07, 6.45) is -1.45. The van der Waals surface area contributed by atoms with E-state index in [0.717, 1.165) is 6.08 Å². The molecular formula is C6H9F3. The van der Waals surface area contributed by atoms with Gasteiger partial charge in [-0.25, -0.2) is 13.2 Å². The van der Waals surface area contributed by atoms with Gasteiger partial charge in [-0.05, 0) is 6.92 Å². The van der Waals surface area contributed by atoms with E-state index in [2.05, 4.69) is 0 Å². The van der Waals surface area contributed by atoms with Gasteiger partial charge in [-0.2, -0.15) is 0 Å². The highest BCUT2D eigenvalue weighted by atomic mass is 19.2. The third kappa shape index (κ3) is 3.16. The molecule has 0 nitrogen and oxygen atoms in total. The first-order valence-corrected chi connectivity index (χ1v) is 2.69. The average molecular weight is 138 g/mol. The highest BCUT2D eigenvalue weighted by molar-refractivity contribution is 4.90. The monoisotopic (exact) mass is 138 g/mol. The smallest absolute Gasteiger partial charge is 0.163 e. The summed E-state index contributed by atoms with van der Waals surface area (Å²) < 4.78 is 35.3. The zero-order chi connectivity index (χ0) is 7.28. The fraction of sp³-hybridized carbons (Fsp3) is 0.667. The van der Waals surface area contributed by atoms with Crippen molar-refractivity contribution in [1.82, 2.24) is 0 Å². The summed E-state index contributed by atoms with van der Waals surface area (Å²) in [7, 11) is 0. The van der Waals surface area contributed by atoms with Crippen LogP contribution in [0.5, 0.6) is 0 Å². The van der Waals surface area contributed by atoms with Crippen LogP contribution in [-0.2, 0) is 0 Å². The fourth-order valence-corrected chi connectivity index (χ4v) is 0.390. The Kier molecular flexibility index (Phi) is 4.18. The van der Waals surface area contributed by atoms with E-state index >= 15 is 0 Å². The molecule has 3 heteroatoms. The van der Waals surface area contributed by atoms with Crippen molar-refractivity contribution in [3.63, 3.8) is 0 Å². The molecule has 0 saturated carbocycles. The van der Waals surface area contributed by atoms with Crippen LogP contribution in [0.3, 0.4) is 0 Å². The predicted octanol–water partition coefficient (Wildman–Crippen LogP) is 2.21. The van der Waals surface area contributed by atoms with Crippen molar-refractivity contribution in [2.75, 3.05) is 6.67 Å². The first-order chi connectivity index (χ1) is 4.22. The van der Waals surface area contributed by atoms with Crippen LogP contribution in [0.2, 0.25) is 0 Å². The summed E-state index contributed by atoms with van der Waals surface area (Å²) in [5.74, 6) is 0. The van der Waals surface area contributed by atoms with Crippen molar-refractivity contribution in [2.24, 2.45) is 0 Å². The second kappa shape index (κ2) is 4.41. The lowest BCUT2D eigenvalue weighted by Gasteiger charge is -2.02.